The molecule has 0 aromatic rings. The molecule has 1 unspecified atom stereocenters. The maximum absolute atomic E-state index is 13.6. The summed E-state index contributed by atoms with van der Waals surface area (Å²) in [6.45, 7) is 3.49. The molecule has 0 aliphatic heterocycles. The first-order chi connectivity index (χ1) is 6.93. The van der Waals surface area contributed by atoms with Gasteiger partial charge in [-0.05, 0) is 26.3 Å². The molecule has 0 saturated carbocycles. The van der Waals surface area contributed by atoms with E-state index in [0.29, 0.717) is 6.42 Å². The maximum Gasteiger partial charge on any atom is 0.321 e. The van der Waals surface area contributed by atoms with Crippen LogP contribution in [0.5, 0.6) is 0 Å². The van der Waals surface area contributed by atoms with Gasteiger partial charge in [0.1, 0.15) is 0 Å². The molecule has 0 aliphatic rings. The van der Waals surface area contributed by atoms with Crippen LogP contribution < -0.4 is 5.73 Å². The highest BCUT2D eigenvalue weighted by molar-refractivity contribution is 7.60. The molecule has 0 radical (unpaired) electrons. The molecule has 0 fully saturated rings. The van der Waals surface area contributed by atoms with Crippen LogP contribution in [0.4, 0.5) is 8.78 Å². The molecule has 2 N–H and O–H groups in total. The van der Waals surface area contributed by atoms with Crippen LogP contribution in [0.25, 0.3) is 0 Å². The lowest BCUT2D eigenvalue weighted by atomic mass is 10.3. The highest BCUT2D eigenvalue weighted by Crippen LogP contribution is 2.62. The molecule has 0 aromatic heterocycles. The third kappa shape index (κ3) is 4.17. The average Bonchev–Trinajstić information content (AvgIpc) is 2.15. The number of halogens is 2. The summed E-state index contributed by atoms with van der Waals surface area (Å²) >= 11 is 0. The minimum atomic E-state index is -3.87. The molecular weight excluding hydrogens is 223 g/mol. The maximum atomic E-state index is 13.6. The van der Waals surface area contributed by atoms with E-state index in [1.54, 1.807) is 13.8 Å². The van der Waals surface area contributed by atoms with Crippen LogP contribution in [0.1, 0.15) is 33.1 Å². The molecule has 0 rings (SSSR count). The Hall–Kier alpha value is 0.01000. The van der Waals surface area contributed by atoms with Crippen molar-refractivity contribution in [3.63, 3.8) is 0 Å². The quantitative estimate of drug-likeness (QED) is 0.666. The van der Waals surface area contributed by atoms with Gasteiger partial charge in [0.05, 0.1) is 6.61 Å². The van der Waals surface area contributed by atoms with E-state index in [2.05, 4.69) is 0 Å². The van der Waals surface area contributed by atoms with Crippen LogP contribution in [0.2, 0.25) is 0 Å². The van der Waals surface area contributed by atoms with Crippen molar-refractivity contribution >= 4 is 7.37 Å². The molecule has 1 atom stereocenters. The molecule has 0 aliphatic carbocycles. The van der Waals surface area contributed by atoms with Crippen LogP contribution in [-0.2, 0) is 9.09 Å². The molecular formula is C9H20F2NO2P. The summed E-state index contributed by atoms with van der Waals surface area (Å²) in [5, 5.41) is 0. The fraction of sp³-hybridized carbons (Fsp3) is 1.00. The zero-order valence-corrected chi connectivity index (χ0v) is 10.2. The Bertz CT molecular complexity index is 224. The highest BCUT2D eigenvalue weighted by atomic mass is 31.2. The Kier molecular flexibility index (Phi) is 6.57. The van der Waals surface area contributed by atoms with Crippen molar-refractivity contribution in [1.29, 1.82) is 0 Å². The second-order valence-corrected chi connectivity index (χ2v) is 6.08. The number of rotatable bonds is 8. The van der Waals surface area contributed by atoms with Crippen molar-refractivity contribution in [1.82, 2.24) is 0 Å². The first-order valence-electron chi connectivity index (χ1n) is 5.25. The van der Waals surface area contributed by atoms with Crippen LogP contribution in [-0.4, -0.2) is 25.0 Å². The molecule has 0 aromatic carbocycles. The van der Waals surface area contributed by atoms with Crippen LogP contribution >= 0.6 is 7.37 Å². The topological polar surface area (TPSA) is 52.3 Å². The predicted molar refractivity (Wildman–Crippen MR) is 57.6 cm³/mol. The molecule has 92 valence electrons. The Labute approximate surface area is 89.8 Å². The molecule has 0 amide bonds. The summed E-state index contributed by atoms with van der Waals surface area (Å²) in [7, 11) is -3.87. The van der Waals surface area contributed by atoms with Gasteiger partial charge in [0.2, 0.25) is 0 Å². The van der Waals surface area contributed by atoms with E-state index < -0.39 is 19.5 Å². The first-order valence-corrected chi connectivity index (χ1v) is 7.06. The fourth-order valence-electron chi connectivity index (χ4n) is 1.30. The summed E-state index contributed by atoms with van der Waals surface area (Å²) in [5.41, 5.74) is 2.01. The number of nitrogens with two attached hydrogens (primary N) is 1. The van der Waals surface area contributed by atoms with Gasteiger partial charge in [-0.1, -0.05) is 6.92 Å². The van der Waals surface area contributed by atoms with Crippen molar-refractivity contribution in [2.24, 2.45) is 5.73 Å². The van der Waals surface area contributed by atoms with E-state index in [4.69, 9.17) is 10.3 Å². The van der Waals surface area contributed by atoms with Crippen molar-refractivity contribution in [2.45, 2.75) is 38.8 Å². The third-order valence-electron chi connectivity index (χ3n) is 2.04. The van der Waals surface area contributed by atoms with Crippen LogP contribution in [0.3, 0.4) is 0 Å². The number of hydrogen-bond acceptors (Lipinski definition) is 3. The Morgan fingerprint density at radius 3 is 2.40 bits per heavy atom. The van der Waals surface area contributed by atoms with Gasteiger partial charge in [-0.2, -0.15) is 8.78 Å². The van der Waals surface area contributed by atoms with Gasteiger partial charge in [-0.3, -0.25) is 4.57 Å². The van der Waals surface area contributed by atoms with Gasteiger partial charge in [-0.15, -0.1) is 0 Å². The van der Waals surface area contributed by atoms with Gasteiger partial charge in [0.25, 0.3) is 7.37 Å². The zero-order chi connectivity index (χ0) is 11.9. The lowest BCUT2D eigenvalue weighted by Gasteiger charge is -2.26. The molecule has 0 heterocycles. The minimum Gasteiger partial charge on any atom is -0.330 e. The SMILES string of the molecule is CCCC(F)(F)P(=O)(CCCN)OCC. The first kappa shape index (κ1) is 15.0. The van der Waals surface area contributed by atoms with Crippen LogP contribution in [0.15, 0.2) is 0 Å². The minimum absolute atomic E-state index is 0.0428. The van der Waals surface area contributed by atoms with Gasteiger partial charge in [0.15, 0.2) is 0 Å². The van der Waals surface area contributed by atoms with Crippen molar-refractivity contribution in [3.8, 4) is 0 Å². The largest absolute Gasteiger partial charge is 0.330 e. The summed E-state index contributed by atoms with van der Waals surface area (Å²) in [5.74, 6) is 0. The van der Waals surface area contributed by atoms with E-state index >= 15 is 0 Å². The Morgan fingerprint density at radius 1 is 1.40 bits per heavy atom. The third-order valence-corrected chi connectivity index (χ3v) is 4.84. The van der Waals surface area contributed by atoms with Gasteiger partial charge in [0, 0.05) is 12.6 Å². The summed E-state index contributed by atoms with van der Waals surface area (Å²) in [4.78, 5) is 0. The fourth-order valence-corrected chi connectivity index (χ4v) is 3.53. The molecule has 0 spiro atoms. The molecule has 15 heavy (non-hydrogen) atoms. The van der Waals surface area contributed by atoms with E-state index in [0.717, 1.165) is 0 Å². The van der Waals surface area contributed by atoms with Gasteiger partial charge in [-0.25, -0.2) is 0 Å². The summed E-state index contributed by atoms with van der Waals surface area (Å²) < 4.78 is 43.9. The van der Waals surface area contributed by atoms with E-state index in [9.17, 15) is 13.3 Å². The Balaban J connectivity index is 4.67. The van der Waals surface area contributed by atoms with E-state index in [-0.39, 0.29) is 25.7 Å². The predicted octanol–water partition coefficient (Wildman–Crippen LogP) is 3.04. The molecule has 3 nitrogen and oxygen atoms in total. The second-order valence-electron chi connectivity index (χ2n) is 3.37. The van der Waals surface area contributed by atoms with Crippen molar-refractivity contribution < 1.29 is 17.9 Å². The second kappa shape index (κ2) is 6.56. The standard InChI is InChI=1S/C9H20F2NO2P/c1-3-6-9(10,11)15(13,14-4-2)8-5-7-12/h3-8,12H2,1-2H3. The van der Waals surface area contributed by atoms with E-state index in [1.165, 1.54) is 0 Å². The Morgan fingerprint density at radius 2 is 2.00 bits per heavy atom. The van der Waals surface area contributed by atoms with Gasteiger partial charge >= 0.3 is 5.66 Å². The average molecular weight is 243 g/mol. The van der Waals surface area contributed by atoms with E-state index in [1.807, 2.05) is 0 Å². The molecule has 0 bridgehead atoms. The molecule has 6 heteroatoms. The normalized spacial score (nSPS) is 16.3. The molecule has 0 saturated heterocycles. The number of hydrogen-bond donors (Lipinski definition) is 1. The smallest absolute Gasteiger partial charge is 0.321 e. The lowest BCUT2D eigenvalue weighted by molar-refractivity contribution is 0.0592. The monoisotopic (exact) mass is 243 g/mol. The van der Waals surface area contributed by atoms with Gasteiger partial charge < -0.3 is 10.3 Å². The zero-order valence-electron chi connectivity index (χ0n) is 9.34. The lowest BCUT2D eigenvalue weighted by Crippen LogP contribution is -2.21. The summed E-state index contributed by atoms with van der Waals surface area (Å²) in [6.07, 6.45) is 0.0580. The van der Waals surface area contributed by atoms with Crippen LogP contribution in [0, 0.1) is 0 Å². The van der Waals surface area contributed by atoms with Crippen molar-refractivity contribution in [3.05, 3.63) is 0 Å². The van der Waals surface area contributed by atoms with Crippen molar-refractivity contribution in [2.75, 3.05) is 19.3 Å². The highest BCUT2D eigenvalue weighted by Gasteiger charge is 2.49. The number of alkyl halides is 2. The summed E-state index contributed by atoms with van der Waals surface area (Å²) in [6, 6.07) is 0.